The van der Waals surface area contributed by atoms with Gasteiger partial charge in [-0.1, -0.05) is 11.6 Å². The highest BCUT2D eigenvalue weighted by molar-refractivity contribution is 7.93. The molecule has 1 N–H and O–H groups in total. The van der Waals surface area contributed by atoms with Gasteiger partial charge in [0, 0.05) is 5.02 Å². The summed E-state index contributed by atoms with van der Waals surface area (Å²) in [6.07, 6.45) is 1.90. The molecule has 18 heavy (non-hydrogen) atoms. The van der Waals surface area contributed by atoms with Crippen LogP contribution in [0.2, 0.25) is 5.02 Å². The van der Waals surface area contributed by atoms with Gasteiger partial charge < -0.3 is 0 Å². The van der Waals surface area contributed by atoms with Crippen molar-refractivity contribution < 1.29 is 8.42 Å². The van der Waals surface area contributed by atoms with Crippen LogP contribution in [0.5, 0.6) is 0 Å². The molecule has 1 unspecified atom stereocenters. The minimum atomic E-state index is -3.44. The molecule has 0 amide bonds. The van der Waals surface area contributed by atoms with Gasteiger partial charge in [-0.15, -0.1) is 0 Å². The summed E-state index contributed by atoms with van der Waals surface area (Å²) in [7, 11) is -3.44. The Bertz CT molecular complexity index is 603. The van der Waals surface area contributed by atoms with Crippen LogP contribution in [-0.4, -0.2) is 13.7 Å². The molecular weight excluding hydrogens is 272 g/mol. The first-order valence-corrected chi connectivity index (χ1v) is 7.58. The van der Waals surface area contributed by atoms with Crippen LogP contribution in [0.25, 0.3) is 0 Å². The van der Waals surface area contributed by atoms with Gasteiger partial charge in [0.1, 0.15) is 6.07 Å². The standard InChI is InChI=1S/C12H13ClN2O2S/c1-8(9-2-3-9)18(16,17)15-12-5-4-11(13)6-10(12)7-14/h4-6,8-9,15H,2-3H2,1H3. The monoisotopic (exact) mass is 284 g/mol. The molecule has 0 heterocycles. The number of hydrogen-bond acceptors (Lipinski definition) is 3. The molecule has 0 aliphatic heterocycles. The van der Waals surface area contributed by atoms with Gasteiger partial charge in [0.05, 0.1) is 16.5 Å². The predicted octanol–water partition coefficient (Wildman–Crippen LogP) is 2.75. The Balaban J connectivity index is 2.26. The van der Waals surface area contributed by atoms with E-state index in [4.69, 9.17) is 16.9 Å². The van der Waals surface area contributed by atoms with Crippen LogP contribution < -0.4 is 4.72 Å². The maximum Gasteiger partial charge on any atom is 0.235 e. The summed E-state index contributed by atoms with van der Waals surface area (Å²) in [6.45, 7) is 1.70. The Kier molecular flexibility index (Phi) is 3.51. The minimum Gasteiger partial charge on any atom is -0.282 e. The van der Waals surface area contributed by atoms with Crippen molar-refractivity contribution >= 4 is 27.3 Å². The van der Waals surface area contributed by atoms with Crippen LogP contribution in [-0.2, 0) is 10.0 Å². The lowest BCUT2D eigenvalue weighted by molar-refractivity contribution is 0.580. The van der Waals surface area contributed by atoms with Gasteiger partial charge in [0.2, 0.25) is 10.0 Å². The van der Waals surface area contributed by atoms with E-state index in [-0.39, 0.29) is 17.2 Å². The first-order valence-electron chi connectivity index (χ1n) is 5.65. The summed E-state index contributed by atoms with van der Waals surface area (Å²) < 4.78 is 26.6. The molecule has 0 aromatic heterocycles. The molecule has 0 bridgehead atoms. The Morgan fingerprint density at radius 1 is 1.50 bits per heavy atom. The van der Waals surface area contributed by atoms with Crippen LogP contribution in [0.4, 0.5) is 5.69 Å². The van der Waals surface area contributed by atoms with Crippen molar-refractivity contribution in [2.45, 2.75) is 25.0 Å². The summed E-state index contributed by atoms with van der Waals surface area (Å²) in [5, 5.41) is 8.93. The van der Waals surface area contributed by atoms with Gasteiger partial charge in [-0.2, -0.15) is 5.26 Å². The molecule has 4 nitrogen and oxygen atoms in total. The molecule has 0 radical (unpaired) electrons. The van der Waals surface area contributed by atoms with Gasteiger partial charge in [0.25, 0.3) is 0 Å². The van der Waals surface area contributed by atoms with Crippen molar-refractivity contribution in [3.63, 3.8) is 0 Å². The maximum atomic E-state index is 12.1. The van der Waals surface area contributed by atoms with Gasteiger partial charge in [-0.25, -0.2) is 8.42 Å². The molecule has 1 fully saturated rings. The zero-order chi connectivity index (χ0) is 13.3. The van der Waals surface area contributed by atoms with E-state index in [2.05, 4.69) is 4.72 Å². The average molecular weight is 285 g/mol. The second-order valence-corrected chi connectivity index (χ2v) is 6.97. The second kappa shape index (κ2) is 4.79. The van der Waals surface area contributed by atoms with Crippen molar-refractivity contribution in [1.29, 1.82) is 5.26 Å². The Labute approximate surface area is 112 Å². The van der Waals surface area contributed by atoms with Crippen molar-refractivity contribution in [3.8, 4) is 6.07 Å². The van der Waals surface area contributed by atoms with E-state index in [1.165, 1.54) is 12.1 Å². The first kappa shape index (κ1) is 13.2. The molecule has 1 aliphatic carbocycles. The SMILES string of the molecule is CC(C1CC1)S(=O)(=O)Nc1ccc(Cl)cc1C#N. The van der Waals surface area contributed by atoms with E-state index >= 15 is 0 Å². The Morgan fingerprint density at radius 3 is 2.72 bits per heavy atom. The van der Waals surface area contributed by atoms with Crippen molar-refractivity contribution in [3.05, 3.63) is 28.8 Å². The highest BCUT2D eigenvalue weighted by Crippen LogP contribution is 2.36. The van der Waals surface area contributed by atoms with E-state index in [1.54, 1.807) is 13.0 Å². The number of sulfonamides is 1. The van der Waals surface area contributed by atoms with Crippen molar-refractivity contribution in [2.75, 3.05) is 4.72 Å². The topological polar surface area (TPSA) is 70.0 Å². The number of benzene rings is 1. The lowest BCUT2D eigenvalue weighted by Crippen LogP contribution is -2.27. The van der Waals surface area contributed by atoms with E-state index in [1.807, 2.05) is 6.07 Å². The van der Waals surface area contributed by atoms with E-state index in [0.29, 0.717) is 5.02 Å². The summed E-state index contributed by atoms with van der Waals surface area (Å²) >= 11 is 5.76. The quantitative estimate of drug-likeness (QED) is 0.924. The number of anilines is 1. The summed E-state index contributed by atoms with van der Waals surface area (Å²) in [5.41, 5.74) is 0.517. The van der Waals surface area contributed by atoms with Crippen LogP contribution in [0.15, 0.2) is 18.2 Å². The molecule has 0 spiro atoms. The second-order valence-electron chi connectivity index (χ2n) is 4.49. The fraction of sp³-hybridized carbons (Fsp3) is 0.417. The van der Waals surface area contributed by atoms with E-state index < -0.39 is 15.3 Å². The van der Waals surface area contributed by atoms with Gasteiger partial charge in [0.15, 0.2) is 0 Å². The third-order valence-corrected chi connectivity index (χ3v) is 5.23. The third-order valence-electron chi connectivity index (χ3n) is 3.13. The van der Waals surface area contributed by atoms with Crippen molar-refractivity contribution in [2.24, 2.45) is 5.92 Å². The van der Waals surface area contributed by atoms with Crippen LogP contribution in [0.1, 0.15) is 25.3 Å². The van der Waals surface area contributed by atoms with E-state index in [0.717, 1.165) is 12.8 Å². The molecule has 0 saturated heterocycles. The van der Waals surface area contributed by atoms with Crippen LogP contribution in [0, 0.1) is 17.2 Å². The summed E-state index contributed by atoms with van der Waals surface area (Å²) in [5.74, 6) is 0.236. The van der Waals surface area contributed by atoms with Crippen molar-refractivity contribution in [1.82, 2.24) is 0 Å². The zero-order valence-electron chi connectivity index (χ0n) is 9.85. The fourth-order valence-electron chi connectivity index (χ4n) is 1.76. The maximum absolute atomic E-state index is 12.1. The van der Waals surface area contributed by atoms with Gasteiger partial charge >= 0.3 is 0 Å². The molecule has 6 heteroatoms. The normalized spacial score (nSPS) is 16.9. The number of rotatable bonds is 4. The van der Waals surface area contributed by atoms with E-state index in [9.17, 15) is 8.42 Å². The first-order chi connectivity index (χ1) is 8.44. The number of nitriles is 1. The fourth-order valence-corrected chi connectivity index (χ4v) is 3.38. The third kappa shape index (κ3) is 2.77. The summed E-state index contributed by atoms with van der Waals surface area (Å²) in [6, 6.07) is 6.45. The molecule has 1 aromatic carbocycles. The predicted molar refractivity (Wildman–Crippen MR) is 70.9 cm³/mol. The smallest absolute Gasteiger partial charge is 0.235 e. The highest BCUT2D eigenvalue weighted by atomic mass is 35.5. The van der Waals surface area contributed by atoms with Gasteiger partial charge in [-0.05, 0) is 43.9 Å². The number of nitrogens with one attached hydrogen (secondary N) is 1. The largest absolute Gasteiger partial charge is 0.282 e. The number of nitrogens with zero attached hydrogens (tertiary/aromatic N) is 1. The number of halogens is 1. The molecule has 1 aliphatic rings. The summed E-state index contributed by atoms with van der Waals surface area (Å²) in [4.78, 5) is 0. The van der Waals surface area contributed by atoms with Crippen LogP contribution >= 0.6 is 11.6 Å². The Morgan fingerprint density at radius 2 is 2.17 bits per heavy atom. The zero-order valence-corrected chi connectivity index (χ0v) is 11.4. The van der Waals surface area contributed by atoms with Crippen LogP contribution in [0.3, 0.4) is 0 Å². The lowest BCUT2D eigenvalue weighted by Gasteiger charge is -2.14. The molecule has 1 atom stereocenters. The molecule has 1 aromatic rings. The lowest BCUT2D eigenvalue weighted by atomic mass is 10.2. The number of hydrogen-bond donors (Lipinski definition) is 1. The van der Waals surface area contributed by atoms with Gasteiger partial charge in [-0.3, -0.25) is 4.72 Å². The minimum absolute atomic E-state index is 0.231. The molecular formula is C12H13ClN2O2S. The highest BCUT2D eigenvalue weighted by Gasteiger charge is 2.36. The average Bonchev–Trinajstić information content (AvgIpc) is 3.14. The molecule has 96 valence electrons. The Hall–Kier alpha value is -1.25. The molecule has 2 rings (SSSR count). The molecule has 1 saturated carbocycles.